The van der Waals surface area contributed by atoms with E-state index in [1.54, 1.807) is 24.1 Å². The molecule has 0 spiro atoms. The lowest BCUT2D eigenvalue weighted by atomic mass is 10.2. The Hall–Kier alpha value is -2.94. The van der Waals surface area contributed by atoms with Gasteiger partial charge in [-0.1, -0.05) is 6.07 Å². The van der Waals surface area contributed by atoms with Crippen LogP contribution in [-0.2, 0) is 15.8 Å². The van der Waals surface area contributed by atoms with E-state index in [-0.39, 0.29) is 18.4 Å². The number of benzene rings is 1. The molecule has 1 aliphatic heterocycles. The van der Waals surface area contributed by atoms with Gasteiger partial charge in [-0.25, -0.2) is 4.98 Å². The first-order chi connectivity index (χ1) is 13.6. The summed E-state index contributed by atoms with van der Waals surface area (Å²) in [5.41, 5.74) is 0.421. The molecule has 1 N–H and O–H groups in total. The fraction of sp³-hybridized carbons (Fsp3) is 0.350. The lowest BCUT2D eigenvalue weighted by Gasteiger charge is -2.23. The van der Waals surface area contributed by atoms with Crippen molar-refractivity contribution in [1.82, 2.24) is 9.88 Å². The number of aromatic nitrogens is 1. The summed E-state index contributed by atoms with van der Waals surface area (Å²) in [6, 6.07) is 9.26. The maximum atomic E-state index is 12.7. The molecule has 0 aliphatic carbocycles. The van der Waals surface area contributed by atoms with Gasteiger partial charge in [0, 0.05) is 17.9 Å². The largest absolute Gasteiger partial charge is 0.416 e. The summed E-state index contributed by atoms with van der Waals surface area (Å²) < 4.78 is 38.1. The Morgan fingerprint density at radius 1 is 1.24 bits per heavy atom. The van der Waals surface area contributed by atoms with Crippen LogP contribution in [0.5, 0.6) is 0 Å². The molecule has 3 rings (SSSR count). The second-order valence-corrected chi connectivity index (χ2v) is 6.97. The van der Waals surface area contributed by atoms with Gasteiger partial charge >= 0.3 is 6.18 Å². The van der Waals surface area contributed by atoms with E-state index in [2.05, 4.69) is 10.3 Å². The highest BCUT2D eigenvalue weighted by atomic mass is 19.4. The zero-order chi connectivity index (χ0) is 21.2. The fourth-order valence-corrected chi connectivity index (χ4v) is 3.29. The van der Waals surface area contributed by atoms with E-state index in [1.165, 1.54) is 17.0 Å². The third kappa shape index (κ3) is 4.92. The normalized spacial score (nSPS) is 17.1. The predicted octanol–water partition coefficient (Wildman–Crippen LogP) is 3.08. The second-order valence-electron chi connectivity index (χ2n) is 6.97. The number of carbonyl (C=O) groups is 2. The van der Waals surface area contributed by atoms with Crippen LogP contribution in [-0.4, -0.2) is 47.9 Å². The zero-order valence-corrected chi connectivity index (χ0v) is 16.0. The smallest absolute Gasteiger partial charge is 0.311 e. The first kappa shape index (κ1) is 20.8. The Morgan fingerprint density at radius 2 is 1.93 bits per heavy atom. The average Bonchev–Trinajstić information content (AvgIpc) is 3.02. The number of nitrogens with one attached hydrogen (secondary N) is 1. The zero-order valence-electron chi connectivity index (χ0n) is 16.0. The lowest BCUT2D eigenvalue weighted by Crippen LogP contribution is -2.43. The van der Waals surface area contributed by atoms with Crippen LogP contribution in [0.15, 0.2) is 42.5 Å². The SMILES string of the molecule is Cc1cccc(NC(=O)CN(C)C2CCN(c3ccc(C(F)(F)F)cc3)C2=O)n1. The van der Waals surface area contributed by atoms with Crippen molar-refractivity contribution in [3.8, 4) is 0 Å². The van der Waals surface area contributed by atoms with E-state index in [9.17, 15) is 22.8 Å². The van der Waals surface area contributed by atoms with Crippen molar-refractivity contribution < 1.29 is 22.8 Å². The number of alkyl halides is 3. The van der Waals surface area contributed by atoms with Crippen LogP contribution < -0.4 is 10.2 Å². The van der Waals surface area contributed by atoms with Gasteiger partial charge in [-0.15, -0.1) is 0 Å². The number of hydrogen-bond acceptors (Lipinski definition) is 4. The van der Waals surface area contributed by atoms with Crippen LogP contribution in [0.1, 0.15) is 17.7 Å². The van der Waals surface area contributed by atoms with Crippen molar-refractivity contribution in [3.05, 3.63) is 53.7 Å². The highest BCUT2D eigenvalue weighted by Crippen LogP contribution is 2.31. The van der Waals surface area contributed by atoms with Gasteiger partial charge in [-0.05, 0) is 56.8 Å². The number of likely N-dealkylation sites (N-methyl/N-ethyl adjacent to an activating group) is 1. The molecule has 2 amide bonds. The van der Waals surface area contributed by atoms with E-state index in [0.29, 0.717) is 24.5 Å². The maximum Gasteiger partial charge on any atom is 0.416 e. The van der Waals surface area contributed by atoms with Crippen molar-refractivity contribution in [3.63, 3.8) is 0 Å². The number of halogens is 3. The first-order valence-corrected chi connectivity index (χ1v) is 9.07. The van der Waals surface area contributed by atoms with Crippen molar-refractivity contribution in [2.24, 2.45) is 0 Å². The highest BCUT2D eigenvalue weighted by molar-refractivity contribution is 6.00. The summed E-state index contributed by atoms with van der Waals surface area (Å²) in [5.74, 6) is -0.104. The van der Waals surface area contributed by atoms with Gasteiger partial charge < -0.3 is 10.2 Å². The fourth-order valence-electron chi connectivity index (χ4n) is 3.29. The Bertz CT molecular complexity index is 899. The van der Waals surface area contributed by atoms with Gasteiger partial charge in [-0.2, -0.15) is 13.2 Å². The molecule has 1 unspecified atom stereocenters. The molecule has 29 heavy (non-hydrogen) atoms. The molecule has 2 heterocycles. The second kappa shape index (κ2) is 8.20. The number of hydrogen-bond donors (Lipinski definition) is 1. The van der Waals surface area contributed by atoms with E-state index < -0.39 is 17.8 Å². The summed E-state index contributed by atoms with van der Waals surface area (Å²) in [5, 5.41) is 2.69. The number of carbonyl (C=O) groups excluding carboxylic acids is 2. The molecule has 0 saturated carbocycles. The van der Waals surface area contributed by atoms with Crippen molar-refractivity contribution in [2.75, 3.05) is 30.4 Å². The Labute approximate surface area is 166 Å². The third-order valence-electron chi connectivity index (χ3n) is 4.76. The van der Waals surface area contributed by atoms with Crippen molar-refractivity contribution >= 4 is 23.3 Å². The summed E-state index contributed by atoms with van der Waals surface area (Å²) in [4.78, 5) is 32.3. The minimum Gasteiger partial charge on any atom is -0.311 e. The molecule has 1 fully saturated rings. The van der Waals surface area contributed by atoms with Crippen LogP contribution in [0.2, 0.25) is 0 Å². The van der Waals surface area contributed by atoms with Crippen LogP contribution >= 0.6 is 0 Å². The number of rotatable bonds is 5. The standard InChI is InChI=1S/C20H21F3N4O2/c1-13-4-3-5-17(24-13)25-18(28)12-26(2)16-10-11-27(19(16)29)15-8-6-14(7-9-15)20(21,22)23/h3-9,16H,10-12H2,1-2H3,(H,24,25,28). The number of amides is 2. The van der Waals surface area contributed by atoms with E-state index in [1.807, 2.05) is 13.0 Å². The summed E-state index contributed by atoms with van der Waals surface area (Å²) in [6.45, 7) is 2.18. The molecule has 0 radical (unpaired) electrons. The molecule has 1 atom stereocenters. The predicted molar refractivity (Wildman–Crippen MR) is 102 cm³/mol. The molecule has 1 saturated heterocycles. The maximum absolute atomic E-state index is 12.7. The van der Waals surface area contributed by atoms with Gasteiger partial charge in [0.05, 0.1) is 18.2 Å². The quantitative estimate of drug-likeness (QED) is 0.829. The minimum atomic E-state index is -4.42. The average molecular weight is 406 g/mol. The van der Waals surface area contributed by atoms with Crippen LogP contribution in [0.3, 0.4) is 0 Å². The monoisotopic (exact) mass is 406 g/mol. The highest BCUT2D eigenvalue weighted by Gasteiger charge is 2.36. The summed E-state index contributed by atoms with van der Waals surface area (Å²) in [6.07, 6.45) is -3.94. The Balaban J connectivity index is 1.60. The first-order valence-electron chi connectivity index (χ1n) is 9.07. The summed E-state index contributed by atoms with van der Waals surface area (Å²) >= 11 is 0. The van der Waals surface area contributed by atoms with Gasteiger partial charge in [0.15, 0.2) is 0 Å². The van der Waals surface area contributed by atoms with E-state index >= 15 is 0 Å². The number of pyridine rings is 1. The number of anilines is 2. The van der Waals surface area contributed by atoms with E-state index in [0.717, 1.165) is 17.8 Å². The van der Waals surface area contributed by atoms with E-state index in [4.69, 9.17) is 0 Å². The molecule has 0 bridgehead atoms. The topological polar surface area (TPSA) is 65.5 Å². The van der Waals surface area contributed by atoms with Crippen LogP contribution in [0.4, 0.5) is 24.7 Å². The molecule has 1 aromatic carbocycles. The lowest BCUT2D eigenvalue weighted by molar-refractivity contribution is -0.137. The van der Waals surface area contributed by atoms with Gasteiger partial charge in [0.1, 0.15) is 5.82 Å². The molecule has 1 aromatic heterocycles. The van der Waals surface area contributed by atoms with Crippen LogP contribution in [0.25, 0.3) is 0 Å². The van der Waals surface area contributed by atoms with Gasteiger partial charge in [-0.3, -0.25) is 14.5 Å². The third-order valence-corrected chi connectivity index (χ3v) is 4.76. The Morgan fingerprint density at radius 3 is 2.55 bits per heavy atom. The molecule has 6 nitrogen and oxygen atoms in total. The molecule has 9 heteroatoms. The molecule has 2 aromatic rings. The molecule has 154 valence electrons. The van der Waals surface area contributed by atoms with Gasteiger partial charge in [0.25, 0.3) is 0 Å². The number of aryl methyl sites for hydroxylation is 1. The van der Waals surface area contributed by atoms with Crippen molar-refractivity contribution in [1.29, 1.82) is 0 Å². The molecular weight excluding hydrogens is 385 g/mol. The summed E-state index contributed by atoms with van der Waals surface area (Å²) in [7, 11) is 1.67. The number of nitrogens with zero attached hydrogens (tertiary/aromatic N) is 3. The molecular formula is C20H21F3N4O2. The van der Waals surface area contributed by atoms with Crippen LogP contribution in [0, 0.1) is 6.92 Å². The molecule has 1 aliphatic rings. The Kier molecular flexibility index (Phi) is 5.88. The van der Waals surface area contributed by atoms with Gasteiger partial charge in [0.2, 0.25) is 11.8 Å². The minimum absolute atomic E-state index is 0.00706. The van der Waals surface area contributed by atoms with Crippen molar-refractivity contribution in [2.45, 2.75) is 25.6 Å².